The molecule has 1 nitrogen and oxygen atoms in total. The van der Waals surface area contributed by atoms with E-state index in [1.54, 1.807) is 24.3 Å². The average Bonchev–Trinajstić information content (AvgIpc) is 2.18. The van der Waals surface area contributed by atoms with E-state index < -0.39 is 0 Å². The second kappa shape index (κ2) is 3.50. The Kier molecular flexibility index (Phi) is 2.19. The summed E-state index contributed by atoms with van der Waals surface area (Å²) in [5.41, 5.74) is 7.66. The van der Waals surface area contributed by atoms with Crippen LogP contribution in [-0.2, 0) is 0 Å². The van der Waals surface area contributed by atoms with Crippen LogP contribution in [0.5, 0.6) is 0 Å². The van der Waals surface area contributed by atoms with Gasteiger partial charge in [-0.25, -0.2) is 4.39 Å². The Morgan fingerprint density at radius 1 is 0.929 bits per heavy atom. The highest BCUT2D eigenvalue weighted by molar-refractivity contribution is 5.67. The lowest BCUT2D eigenvalue weighted by Crippen LogP contribution is -1.87. The van der Waals surface area contributed by atoms with E-state index in [-0.39, 0.29) is 5.82 Å². The molecule has 0 aliphatic carbocycles. The van der Waals surface area contributed by atoms with Crippen molar-refractivity contribution in [1.29, 1.82) is 0 Å². The van der Waals surface area contributed by atoms with Crippen molar-refractivity contribution in [2.75, 3.05) is 5.73 Å². The van der Waals surface area contributed by atoms with E-state index in [0.29, 0.717) is 11.3 Å². The highest BCUT2D eigenvalue weighted by atomic mass is 19.1. The van der Waals surface area contributed by atoms with Crippen LogP contribution in [0.4, 0.5) is 10.1 Å². The first kappa shape index (κ1) is 8.75. The molecule has 0 heterocycles. The summed E-state index contributed by atoms with van der Waals surface area (Å²) in [4.78, 5) is 0. The van der Waals surface area contributed by atoms with Gasteiger partial charge in [0.1, 0.15) is 5.82 Å². The second-order valence-electron chi connectivity index (χ2n) is 3.11. The van der Waals surface area contributed by atoms with Gasteiger partial charge < -0.3 is 5.73 Å². The molecule has 2 N–H and O–H groups in total. The molecule has 0 bridgehead atoms. The Hall–Kier alpha value is -1.83. The normalized spacial score (nSPS) is 10.1. The van der Waals surface area contributed by atoms with Crippen LogP contribution in [0.15, 0.2) is 48.5 Å². The van der Waals surface area contributed by atoms with Crippen LogP contribution < -0.4 is 5.73 Å². The largest absolute Gasteiger partial charge is 0.399 e. The van der Waals surface area contributed by atoms with Crippen molar-refractivity contribution in [3.8, 4) is 11.1 Å². The monoisotopic (exact) mass is 187 g/mol. The van der Waals surface area contributed by atoms with Crippen molar-refractivity contribution in [3.63, 3.8) is 0 Å². The average molecular weight is 187 g/mol. The van der Waals surface area contributed by atoms with E-state index in [4.69, 9.17) is 5.73 Å². The van der Waals surface area contributed by atoms with Gasteiger partial charge in [-0.2, -0.15) is 0 Å². The zero-order valence-electron chi connectivity index (χ0n) is 7.57. The van der Waals surface area contributed by atoms with Crippen molar-refractivity contribution < 1.29 is 4.39 Å². The number of halogens is 1. The molecule has 0 amide bonds. The number of benzene rings is 2. The zero-order valence-corrected chi connectivity index (χ0v) is 7.57. The molecule has 0 aliphatic rings. The minimum atomic E-state index is -0.224. The molecule has 0 aliphatic heterocycles. The van der Waals surface area contributed by atoms with Crippen molar-refractivity contribution in [2.24, 2.45) is 0 Å². The van der Waals surface area contributed by atoms with E-state index >= 15 is 0 Å². The van der Waals surface area contributed by atoms with Gasteiger partial charge in [0.25, 0.3) is 0 Å². The van der Waals surface area contributed by atoms with Gasteiger partial charge in [0, 0.05) is 11.3 Å². The third kappa shape index (κ3) is 1.59. The molecule has 2 aromatic rings. The highest BCUT2D eigenvalue weighted by Crippen LogP contribution is 2.23. The van der Waals surface area contributed by atoms with Crippen molar-refractivity contribution >= 4 is 5.69 Å². The molecule has 0 fully saturated rings. The predicted octanol–water partition coefficient (Wildman–Crippen LogP) is 3.07. The number of nitrogens with two attached hydrogens (primary N) is 1. The SMILES string of the molecule is Nc1cccc(-c2ccccc2F)c1. The maximum absolute atomic E-state index is 13.4. The van der Waals surface area contributed by atoms with Crippen LogP contribution in [0.25, 0.3) is 11.1 Å². The number of rotatable bonds is 1. The smallest absolute Gasteiger partial charge is 0.131 e. The molecular formula is C12H10FN. The topological polar surface area (TPSA) is 26.0 Å². The summed E-state index contributed by atoms with van der Waals surface area (Å²) < 4.78 is 13.4. The van der Waals surface area contributed by atoms with Gasteiger partial charge in [0.15, 0.2) is 0 Å². The Bertz CT molecular complexity index is 452. The third-order valence-electron chi connectivity index (χ3n) is 2.07. The van der Waals surface area contributed by atoms with Crippen LogP contribution in [0.2, 0.25) is 0 Å². The van der Waals surface area contributed by atoms with Crippen LogP contribution >= 0.6 is 0 Å². The first-order valence-electron chi connectivity index (χ1n) is 4.38. The molecule has 70 valence electrons. The molecule has 0 unspecified atom stereocenters. The molecule has 0 saturated heterocycles. The van der Waals surface area contributed by atoms with Crippen molar-refractivity contribution in [2.45, 2.75) is 0 Å². The predicted molar refractivity (Wildman–Crippen MR) is 56.2 cm³/mol. The van der Waals surface area contributed by atoms with Gasteiger partial charge >= 0.3 is 0 Å². The van der Waals surface area contributed by atoms with Crippen molar-refractivity contribution in [1.82, 2.24) is 0 Å². The van der Waals surface area contributed by atoms with E-state index in [0.717, 1.165) is 5.56 Å². The minimum Gasteiger partial charge on any atom is -0.399 e. The molecule has 2 aromatic carbocycles. The van der Waals surface area contributed by atoms with E-state index in [9.17, 15) is 4.39 Å². The highest BCUT2D eigenvalue weighted by Gasteiger charge is 2.02. The standard InChI is InChI=1S/C12H10FN/c13-12-7-2-1-6-11(12)9-4-3-5-10(14)8-9/h1-8H,14H2. The molecule has 2 heteroatoms. The van der Waals surface area contributed by atoms with Gasteiger partial charge in [-0.1, -0.05) is 30.3 Å². The van der Waals surface area contributed by atoms with Crippen LogP contribution in [0.3, 0.4) is 0 Å². The number of hydrogen-bond donors (Lipinski definition) is 1. The van der Waals surface area contributed by atoms with Gasteiger partial charge in [0.2, 0.25) is 0 Å². The summed E-state index contributed by atoms with van der Waals surface area (Å²) in [5.74, 6) is -0.224. The van der Waals surface area contributed by atoms with Crippen LogP contribution in [0, 0.1) is 5.82 Å². The van der Waals surface area contributed by atoms with Crippen LogP contribution in [0.1, 0.15) is 0 Å². The van der Waals surface area contributed by atoms with Gasteiger partial charge in [-0.15, -0.1) is 0 Å². The summed E-state index contributed by atoms with van der Waals surface area (Å²) in [5, 5.41) is 0. The second-order valence-corrected chi connectivity index (χ2v) is 3.11. The molecule has 0 aromatic heterocycles. The van der Waals surface area contributed by atoms with Crippen LogP contribution in [-0.4, -0.2) is 0 Å². The first-order chi connectivity index (χ1) is 6.77. The van der Waals surface area contributed by atoms with Crippen molar-refractivity contribution in [3.05, 3.63) is 54.3 Å². The summed E-state index contributed by atoms with van der Waals surface area (Å²) in [7, 11) is 0. The fourth-order valence-corrected chi connectivity index (χ4v) is 1.40. The lowest BCUT2D eigenvalue weighted by atomic mass is 10.0. The van der Waals surface area contributed by atoms with Gasteiger partial charge in [-0.05, 0) is 23.8 Å². The molecular weight excluding hydrogens is 177 g/mol. The quantitative estimate of drug-likeness (QED) is 0.682. The molecule has 14 heavy (non-hydrogen) atoms. The van der Waals surface area contributed by atoms with E-state index in [1.807, 2.05) is 18.2 Å². The summed E-state index contributed by atoms with van der Waals surface area (Å²) in [6.45, 7) is 0. The Balaban J connectivity index is 2.55. The molecule has 0 radical (unpaired) electrons. The lowest BCUT2D eigenvalue weighted by Gasteiger charge is -2.03. The van der Waals surface area contributed by atoms with E-state index in [1.165, 1.54) is 6.07 Å². The molecule has 2 rings (SSSR count). The Labute approximate surface area is 82.0 Å². The summed E-state index contributed by atoms with van der Waals surface area (Å²) >= 11 is 0. The zero-order chi connectivity index (χ0) is 9.97. The van der Waals surface area contributed by atoms with Gasteiger partial charge in [0.05, 0.1) is 0 Å². The minimum absolute atomic E-state index is 0.224. The Morgan fingerprint density at radius 3 is 2.43 bits per heavy atom. The Morgan fingerprint density at radius 2 is 1.71 bits per heavy atom. The maximum Gasteiger partial charge on any atom is 0.131 e. The summed E-state index contributed by atoms with van der Waals surface area (Å²) in [6, 6.07) is 13.9. The van der Waals surface area contributed by atoms with Gasteiger partial charge in [-0.3, -0.25) is 0 Å². The third-order valence-corrected chi connectivity index (χ3v) is 2.07. The molecule has 0 saturated carbocycles. The summed E-state index contributed by atoms with van der Waals surface area (Å²) in [6.07, 6.45) is 0. The number of nitrogen functional groups attached to an aromatic ring is 1. The number of anilines is 1. The van der Waals surface area contributed by atoms with E-state index in [2.05, 4.69) is 0 Å². The molecule has 0 atom stereocenters. The number of hydrogen-bond acceptors (Lipinski definition) is 1. The fraction of sp³-hybridized carbons (Fsp3) is 0. The molecule has 0 spiro atoms. The fourth-order valence-electron chi connectivity index (χ4n) is 1.40. The first-order valence-corrected chi connectivity index (χ1v) is 4.38. The maximum atomic E-state index is 13.4. The lowest BCUT2D eigenvalue weighted by molar-refractivity contribution is 0.631.